The molecule has 0 bridgehead atoms. The number of ether oxygens (including phenoxy) is 1. The van der Waals surface area contributed by atoms with E-state index in [1.165, 1.54) is 10.7 Å². The zero-order chi connectivity index (χ0) is 23.1. The van der Waals surface area contributed by atoms with Crippen LogP contribution in [0.15, 0.2) is 41.2 Å². The van der Waals surface area contributed by atoms with Gasteiger partial charge in [0.1, 0.15) is 0 Å². The first-order chi connectivity index (χ1) is 15.5. The van der Waals surface area contributed by atoms with Gasteiger partial charge >= 0.3 is 0 Å². The highest BCUT2D eigenvalue weighted by Crippen LogP contribution is 2.18. The lowest BCUT2D eigenvalue weighted by Crippen LogP contribution is -2.43. The number of aromatic nitrogens is 3. The number of pyridine rings is 1. The van der Waals surface area contributed by atoms with Crippen LogP contribution in [0.25, 0.3) is 10.8 Å². The largest absolute Gasteiger partial charge is 0.478 e. The maximum absolute atomic E-state index is 12.9. The lowest BCUT2D eigenvalue weighted by Gasteiger charge is -2.12. The van der Waals surface area contributed by atoms with Gasteiger partial charge in [-0.15, -0.1) is 0 Å². The number of rotatable bonds is 8. The molecule has 0 aliphatic heterocycles. The van der Waals surface area contributed by atoms with Crippen LogP contribution < -0.4 is 21.1 Å². The van der Waals surface area contributed by atoms with Gasteiger partial charge in [0.15, 0.2) is 11.4 Å². The number of amides is 2. The van der Waals surface area contributed by atoms with Crippen LogP contribution in [0.2, 0.25) is 5.02 Å². The molecule has 0 atom stereocenters. The van der Waals surface area contributed by atoms with Crippen molar-refractivity contribution < 1.29 is 14.3 Å². The molecule has 0 radical (unpaired) electrons. The minimum Gasteiger partial charge on any atom is -0.478 e. The van der Waals surface area contributed by atoms with E-state index in [0.717, 1.165) is 19.3 Å². The number of fused-ring (bicyclic) bond motifs is 1. The summed E-state index contributed by atoms with van der Waals surface area (Å²) in [5.41, 5.74) is 4.28. The molecule has 10 heteroatoms. The Morgan fingerprint density at radius 2 is 1.69 bits per heavy atom. The average Bonchev–Trinajstić information content (AvgIpc) is 2.80. The summed E-state index contributed by atoms with van der Waals surface area (Å²) in [5.74, 6) is -1.15. The van der Waals surface area contributed by atoms with Crippen LogP contribution in [0.4, 0.5) is 0 Å². The van der Waals surface area contributed by atoms with Crippen LogP contribution in [0.5, 0.6) is 5.88 Å². The molecule has 0 aliphatic rings. The molecule has 0 saturated carbocycles. The predicted molar refractivity (Wildman–Crippen MR) is 121 cm³/mol. The summed E-state index contributed by atoms with van der Waals surface area (Å²) in [6.07, 6.45) is 2.69. The Morgan fingerprint density at radius 3 is 2.38 bits per heavy atom. The molecule has 0 fully saturated rings. The molecule has 2 aromatic heterocycles. The third-order valence-electron chi connectivity index (χ3n) is 4.67. The monoisotopic (exact) mass is 457 g/mol. The number of aryl methyl sites for hydroxylation is 1. The summed E-state index contributed by atoms with van der Waals surface area (Å²) in [6, 6.07) is 9.75. The molecule has 168 valence electrons. The zero-order valence-corrected chi connectivity index (χ0v) is 18.6. The highest BCUT2D eigenvalue weighted by Gasteiger charge is 2.19. The van der Waals surface area contributed by atoms with E-state index in [1.807, 2.05) is 0 Å². The molecule has 0 unspecified atom stereocenters. The van der Waals surface area contributed by atoms with Crippen molar-refractivity contribution in [3.63, 3.8) is 0 Å². The first kappa shape index (κ1) is 23.2. The zero-order valence-electron chi connectivity index (χ0n) is 17.9. The van der Waals surface area contributed by atoms with Crippen LogP contribution in [0.3, 0.4) is 0 Å². The Hall–Kier alpha value is -3.46. The standard InChI is InChI=1S/C22H24ClN5O4/c1-3-5-8-13-28-22(31)15-10-7-6-9-14(15)18(27-28)20(29)25-26-21(30)19-16(23)11-12-17(24-19)32-4-2/h6-7,9-12H,3-5,8,13H2,1-2H3,(H,25,29)(H,26,30). The Labute approximate surface area is 189 Å². The van der Waals surface area contributed by atoms with Gasteiger partial charge in [0.2, 0.25) is 5.88 Å². The van der Waals surface area contributed by atoms with E-state index >= 15 is 0 Å². The highest BCUT2D eigenvalue weighted by atomic mass is 35.5. The van der Waals surface area contributed by atoms with Crippen molar-refractivity contribution in [2.75, 3.05) is 6.61 Å². The second-order valence-corrected chi connectivity index (χ2v) is 7.36. The van der Waals surface area contributed by atoms with Gasteiger partial charge in [0.05, 0.1) is 17.0 Å². The fourth-order valence-electron chi connectivity index (χ4n) is 3.11. The quantitative estimate of drug-likeness (QED) is 0.396. The molecule has 32 heavy (non-hydrogen) atoms. The van der Waals surface area contributed by atoms with Crippen molar-refractivity contribution >= 4 is 34.2 Å². The van der Waals surface area contributed by atoms with Crippen molar-refractivity contribution in [1.82, 2.24) is 25.6 Å². The number of hydrogen-bond donors (Lipinski definition) is 2. The SMILES string of the molecule is CCCCCn1nc(C(=O)NNC(=O)c2nc(OCC)ccc2Cl)c2ccccc2c1=O. The van der Waals surface area contributed by atoms with Crippen molar-refractivity contribution in [3.05, 3.63) is 63.2 Å². The lowest BCUT2D eigenvalue weighted by molar-refractivity contribution is 0.0840. The fourth-order valence-corrected chi connectivity index (χ4v) is 3.30. The van der Waals surface area contributed by atoms with Crippen LogP contribution >= 0.6 is 11.6 Å². The number of hydrogen-bond acceptors (Lipinski definition) is 6. The van der Waals surface area contributed by atoms with Gasteiger partial charge in [-0.1, -0.05) is 49.6 Å². The fraction of sp³-hybridized carbons (Fsp3) is 0.318. The first-order valence-electron chi connectivity index (χ1n) is 10.4. The van der Waals surface area contributed by atoms with E-state index in [4.69, 9.17) is 16.3 Å². The highest BCUT2D eigenvalue weighted by molar-refractivity contribution is 6.33. The minimum atomic E-state index is -0.717. The molecule has 0 saturated heterocycles. The smallest absolute Gasteiger partial charge is 0.290 e. The summed E-state index contributed by atoms with van der Waals surface area (Å²) in [5, 5.41) is 5.14. The molecule has 3 rings (SSSR count). The van der Waals surface area contributed by atoms with Gasteiger partial charge in [-0.3, -0.25) is 25.2 Å². The van der Waals surface area contributed by atoms with Gasteiger partial charge in [0, 0.05) is 18.0 Å². The van der Waals surface area contributed by atoms with E-state index in [1.54, 1.807) is 37.3 Å². The van der Waals surface area contributed by atoms with E-state index in [2.05, 4.69) is 27.9 Å². The number of carbonyl (C=O) groups is 2. The number of unbranched alkanes of at least 4 members (excludes halogenated alkanes) is 2. The van der Waals surface area contributed by atoms with Gasteiger partial charge in [-0.25, -0.2) is 9.67 Å². The molecule has 9 nitrogen and oxygen atoms in total. The molecule has 2 N–H and O–H groups in total. The van der Waals surface area contributed by atoms with E-state index < -0.39 is 11.8 Å². The average molecular weight is 458 g/mol. The van der Waals surface area contributed by atoms with Crippen LogP contribution in [-0.4, -0.2) is 33.2 Å². The summed E-state index contributed by atoms with van der Waals surface area (Å²) < 4.78 is 6.57. The molecular formula is C22H24ClN5O4. The predicted octanol–water partition coefficient (Wildman–Crippen LogP) is 3.11. The summed E-state index contributed by atoms with van der Waals surface area (Å²) in [4.78, 5) is 42.2. The molecule has 0 spiro atoms. The van der Waals surface area contributed by atoms with Gasteiger partial charge in [-0.05, 0) is 25.5 Å². The van der Waals surface area contributed by atoms with Crippen LogP contribution in [0, 0.1) is 0 Å². The molecule has 2 heterocycles. The van der Waals surface area contributed by atoms with Gasteiger partial charge < -0.3 is 4.74 Å². The second-order valence-electron chi connectivity index (χ2n) is 6.95. The third kappa shape index (κ3) is 5.23. The lowest BCUT2D eigenvalue weighted by atomic mass is 10.1. The van der Waals surface area contributed by atoms with Crippen LogP contribution in [-0.2, 0) is 6.54 Å². The van der Waals surface area contributed by atoms with Gasteiger partial charge in [0.25, 0.3) is 17.4 Å². The van der Waals surface area contributed by atoms with Crippen molar-refractivity contribution in [3.8, 4) is 5.88 Å². The molecular weight excluding hydrogens is 434 g/mol. The summed E-state index contributed by atoms with van der Waals surface area (Å²) >= 11 is 6.06. The number of halogens is 1. The molecule has 3 aromatic rings. The second kappa shape index (κ2) is 10.7. The van der Waals surface area contributed by atoms with E-state index in [-0.39, 0.29) is 27.8 Å². The number of nitrogens with zero attached hydrogens (tertiary/aromatic N) is 3. The summed E-state index contributed by atoms with van der Waals surface area (Å²) in [7, 11) is 0. The van der Waals surface area contributed by atoms with Gasteiger partial charge in [-0.2, -0.15) is 5.10 Å². The topological polar surface area (TPSA) is 115 Å². The number of hydrazine groups is 1. The maximum Gasteiger partial charge on any atom is 0.290 e. The molecule has 2 amide bonds. The maximum atomic E-state index is 12.9. The molecule has 1 aromatic carbocycles. The molecule has 0 aliphatic carbocycles. The van der Waals surface area contributed by atoms with Crippen molar-refractivity contribution in [2.24, 2.45) is 0 Å². The Balaban J connectivity index is 1.84. The normalized spacial score (nSPS) is 10.7. The van der Waals surface area contributed by atoms with Crippen molar-refractivity contribution in [1.29, 1.82) is 0 Å². The van der Waals surface area contributed by atoms with E-state index in [9.17, 15) is 14.4 Å². The Morgan fingerprint density at radius 1 is 1.00 bits per heavy atom. The van der Waals surface area contributed by atoms with Crippen molar-refractivity contribution in [2.45, 2.75) is 39.7 Å². The Kier molecular flexibility index (Phi) is 7.77. The van der Waals surface area contributed by atoms with E-state index in [0.29, 0.717) is 23.9 Å². The third-order valence-corrected chi connectivity index (χ3v) is 4.98. The summed E-state index contributed by atoms with van der Waals surface area (Å²) in [6.45, 7) is 4.62. The number of carbonyl (C=O) groups excluding carboxylic acids is 2. The number of nitrogens with one attached hydrogen (secondary N) is 2. The number of benzene rings is 1. The first-order valence-corrected chi connectivity index (χ1v) is 10.7. The minimum absolute atomic E-state index is 0.0270. The Bertz CT molecular complexity index is 1190. The van der Waals surface area contributed by atoms with Crippen LogP contribution in [0.1, 0.15) is 54.1 Å².